The smallest absolute Gasteiger partial charge is 0.349 e. The van der Waals surface area contributed by atoms with Crippen LogP contribution in [-0.2, 0) is 14.9 Å². The number of fused-ring (bicyclic) bond motifs is 1. The molecule has 0 fully saturated rings. The Hall–Kier alpha value is -2.28. The molecule has 1 aliphatic rings. The number of benzene rings is 1. The quantitative estimate of drug-likeness (QED) is 0.486. The molecular weight excluding hydrogens is 266 g/mol. The van der Waals surface area contributed by atoms with Crippen LogP contribution in [0.5, 0.6) is 5.75 Å². The summed E-state index contributed by atoms with van der Waals surface area (Å²) >= 11 is 0. The highest BCUT2D eigenvalue weighted by Gasteiger charge is 2.36. The van der Waals surface area contributed by atoms with Gasteiger partial charge in [0.05, 0.1) is 13.7 Å². The molecule has 0 saturated heterocycles. The summed E-state index contributed by atoms with van der Waals surface area (Å²) in [7, 11) is 1.62. The van der Waals surface area contributed by atoms with Gasteiger partial charge in [0.25, 0.3) is 0 Å². The predicted octanol–water partition coefficient (Wildman–Crippen LogP) is 3.22. The Morgan fingerprint density at radius 2 is 2.14 bits per heavy atom. The van der Waals surface area contributed by atoms with E-state index in [1.807, 2.05) is 24.3 Å². The second kappa shape index (κ2) is 5.61. The fourth-order valence-electron chi connectivity index (χ4n) is 2.77. The van der Waals surface area contributed by atoms with Crippen LogP contribution in [0.1, 0.15) is 38.3 Å². The van der Waals surface area contributed by atoms with Gasteiger partial charge in [-0.3, -0.25) is 0 Å². The van der Waals surface area contributed by atoms with Crippen molar-refractivity contribution < 1.29 is 14.3 Å². The van der Waals surface area contributed by atoms with Crippen molar-refractivity contribution in [1.82, 2.24) is 0 Å². The number of nitriles is 1. The van der Waals surface area contributed by atoms with E-state index in [9.17, 15) is 10.1 Å². The standard InChI is InChI=1S/C17H19NO3/c1-5-21-16(19)14(10-18)13-9-17(2,3)15-8-11(20-4)6-7-12(13)15/h6-8H,5,9H2,1-4H3/b14-13+. The third-order valence-electron chi connectivity index (χ3n) is 3.79. The van der Waals surface area contributed by atoms with Crippen molar-refractivity contribution in [3.63, 3.8) is 0 Å². The van der Waals surface area contributed by atoms with Gasteiger partial charge in [-0.1, -0.05) is 19.9 Å². The van der Waals surface area contributed by atoms with E-state index in [-0.39, 0.29) is 17.6 Å². The molecule has 0 spiro atoms. The lowest BCUT2D eigenvalue weighted by atomic mass is 9.86. The SMILES string of the molecule is CCOC(=O)/C(C#N)=C1\CC(C)(C)c2cc(OC)ccc21. The Labute approximate surface area is 125 Å². The van der Waals surface area contributed by atoms with Crippen LogP contribution >= 0.6 is 0 Å². The van der Waals surface area contributed by atoms with Gasteiger partial charge in [0.2, 0.25) is 0 Å². The minimum atomic E-state index is -0.547. The molecule has 0 radical (unpaired) electrons. The third-order valence-corrected chi connectivity index (χ3v) is 3.79. The summed E-state index contributed by atoms with van der Waals surface area (Å²) in [6.07, 6.45) is 0.636. The van der Waals surface area contributed by atoms with Crippen LogP contribution in [0.25, 0.3) is 5.57 Å². The topological polar surface area (TPSA) is 59.3 Å². The number of methoxy groups -OCH3 is 1. The number of carbonyl (C=O) groups excluding carboxylic acids is 1. The van der Waals surface area contributed by atoms with Gasteiger partial charge in [-0.25, -0.2) is 4.79 Å². The number of esters is 1. The zero-order valence-electron chi connectivity index (χ0n) is 12.8. The maximum Gasteiger partial charge on any atom is 0.349 e. The van der Waals surface area contributed by atoms with Gasteiger partial charge in [0.15, 0.2) is 0 Å². The number of hydrogen-bond donors (Lipinski definition) is 0. The monoisotopic (exact) mass is 285 g/mol. The fraction of sp³-hybridized carbons (Fsp3) is 0.412. The van der Waals surface area contributed by atoms with Crippen LogP contribution in [-0.4, -0.2) is 19.7 Å². The Morgan fingerprint density at radius 1 is 1.43 bits per heavy atom. The average molecular weight is 285 g/mol. The van der Waals surface area contributed by atoms with Crippen LogP contribution in [0.3, 0.4) is 0 Å². The normalized spacial score (nSPS) is 17.7. The third kappa shape index (κ3) is 2.64. The van der Waals surface area contributed by atoms with Crippen molar-refractivity contribution in [3.05, 3.63) is 34.9 Å². The first-order valence-electron chi connectivity index (χ1n) is 6.94. The summed E-state index contributed by atoms with van der Waals surface area (Å²) in [5.41, 5.74) is 2.75. The van der Waals surface area contributed by atoms with Crippen molar-refractivity contribution in [2.75, 3.05) is 13.7 Å². The van der Waals surface area contributed by atoms with Gasteiger partial charge >= 0.3 is 5.97 Å². The zero-order chi connectivity index (χ0) is 15.6. The highest BCUT2D eigenvalue weighted by Crippen LogP contribution is 2.47. The van der Waals surface area contributed by atoms with E-state index in [1.165, 1.54) is 0 Å². The summed E-state index contributed by atoms with van der Waals surface area (Å²) < 4.78 is 10.3. The van der Waals surface area contributed by atoms with Gasteiger partial charge in [-0.05, 0) is 47.6 Å². The first-order chi connectivity index (χ1) is 9.94. The lowest BCUT2D eigenvalue weighted by molar-refractivity contribution is -0.137. The van der Waals surface area contributed by atoms with Crippen molar-refractivity contribution in [1.29, 1.82) is 5.26 Å². The number of allylic oxidation sites excluding steroid dienone is 1. The minimum Gasteiger partial charge on any atom is -0.497 e. The number of rotatable bonds is 3. The molecule has 4 heteroatoms. The number of hydrogen-bond acceptors (Lipinski definition) is 4. The fourth-order valence-corrected chi connectivity index (χ4v) is 2.77. The summed E-state index contributed by atoms with van der Waals surface area (Å²) in [6.45, 7) is 6.18. The first kappa shape index (κ1) is 15.1. The molecule has 0 heterocycles. The number of nitrogens with zero attached hydrogens (tertiary/aromatic N) is 1. The van der Waals surface area contributed by atoms with Crippen LogP contribution in [0.15, 0.2) is 23.8 Å². The number of ether oxygens (including phenoxy) is 2. The van der Waals surface area contributed by atoms with Crippen LogP contribution in [0, 0.1) is 11.3 Å². The van der Waals surface area contributed by atoms with Gasteiger partial charge in [-0.2, -0.15) is 5.26 Å². The van der Waals surface area contributed by atoms with E-state index in [2.05, 4.69) is 13.8 Å². The van der Waals surface area contributed by atoms with Crippen LogP contribution in [0.4, 0.5) is 0 Å². The summed E-state index contributed by atoms with van der Waals surface area (Å²) in [5, 5.41) is 9.35. The molecule has 21 heavy (non-hydrogen) atoms. The molecule has 0 aliphatic heterocycles. The first-order valence-corrected chi connectivity index (χ1v) is 6.94. The predicted molar refractivity (Wildman–Crippen MR) is 79.8 cm³/mol. The minimum absolute atomic E-state index is 0.105. The molecule has 0 atom stereocenters. The zero-order valence-corrected chi connectivity index (χ0v) is 12.8. The molecule has 2 rings (SSSR count). The second-order valence-electron chi connectivity index (χ2n) is 5.66. The molecule has 1 aliphatic carbocycles. The van der Waals surface area contributed by atoms with Crippen LogP contribution < -0.4 is 4.74 Å². The molecular formula is C17H19NO3. The van der Waals surface area contributed by atoms with E-state index < -0.39 is 5.97 Å². The molecule has 0 aromatic heterocycles. The lowest BCUT2D eigenvalue weighted by Gasteiger charge is -2.18. The molecule has 4 nitrogen and oxygen atoms in total. The Bertz CT molecular complexity index is 650. The highest BCUT2D eigenvalue weighted by molar-refractivity contribution is 6.03. The number of carbonyl (C=O) groups is 1. The Kier molecular flexibility index (Phi) is 4.04. The van der Waals surface area contributed by atoms with Crippen LogP contribution in [0.2, 0.25) is 0 Å². The lowest BCUT2D eigenvalue weighted by Crippen LogP contribution is -2.12. The van der Waals surface area contributed by atoms with Crippen molar-refractivity contribution >= 4 is 11.5 Å². The largest absolute Gasteiger partial charge is 0.497 e. The maximum atomic E-state index is 12.0. The van der Waals surface area contributed by atoms with Gasteiger partial charge in [-0.15, -0.1) is 0 Å². The van der Waals surface area contributed by atoms with E-state index >= 15 is 0 Å². The second-order valence-corrected chi connectivity index (χ2v) is 5.66. The van der Waals surface area contributed by atoms with Gasteiger partial charge in [0, 0.05) is 0 Å². The summed E-state index contributed by atoms with van der Waals surface area (Å²) in [5.74, 6) is 0.229. The van der Waals surface area contributed by atoms with E-state index in [4.69, 9.17) is 9.47 Å². The van der Waals surface area contributed by atoms with Gasteiger partial charge < -0.3 is 9.47 Å². The van der Waals surface area contributed by atoms with E-state index in [0.29, 0.717) is 6.42 Å². The van der Waals surface area contributed by atoms with E-state index in [0.717, 1.165) is 22.4 Å². The maximum absolute atomic E-state index is 12.0. The molecule has 0 unspecified atom stereocenters. The molecule has 1 aromatic carbocycles. The van der Waals surface area contributed by atoms with Crippen molar-refractivity contribution in [2.45, 2.75) is 32.6 Å². The summed E-state index contributed by atoms with van der Waals surface area (Å²) in [6, 6.07) is 7.74. The van der Waals surface area contributed by atoms with Crippen molar-refractivity contribution in [2.24, 2.45) is 0 Å². The Balaban J connectivity index is 2.61. The molecule has 0 saturated carbocycles. The van der Waals surface area contributed by atoms with E-state index in [1.54, 1.807) is 14.0 Å². The molecule has 0 amide bonds. The molecule has 0 bridgehead atoms. The summed E-state index contributed by atoms with van der Waals surface area (Å²) in [4.78, 5) is 12.0. The molecule has 110 valence electrons. The van der Waals surface area contributed by atoms with Gasteiger partial charge in [0.1, 0.15) is 17.4 Å². The average Bonchev–Trinajstić information content (AvgIpc) is 2.71. The highest BCUT2D eigenvalue weighted by atomic mass is 16.5. The molecule has 1 aromatic rings. The Morgan fingerprint density at radius 3 is 2.71 bits per heavy atom. The molecule has 0 N–H and O–H groups in total. The van der Waals surface area contributed by atoms with Crippen molar-refractivity contribution in [3.8, 4) is 11.8 Å².